The molecule has 124 valence electrons. The Morgan fingerprint density at radius 2 is 2.18 bits per heavy atom. The molecule has 2 rings (SSSR count). The summed E-state index contributed by atoms with van der Waals surface area (Å²) in [6.07, 6.45) is -0.279. The molecule has 6 heteroatoms. The molecule has 0 aromatic carbocycles. The van der Waals surface area contributed by atoms with Crippen LogP contribution in [0.4, 0.5) is 4.79 Å². The van der Waals surface area contributed by atoms with Crippen LogP contribution in [0.1, 0.15) is 31.2 Å². The lowest BCUT2D eigenvalue weighted by atomic mass is 10.2. The van der Waals surface area contributed by atoms with Gasteiger partial charge in [-0.1, -0.05) is 0 Å². The number of aryl methyl sites for hydroxylation is 1. The fraction of sp³-hybridized carbons (Fsp3) is 0.688. The van der Waals surface area contributed by atoms with E-state index in [2.05, 4.69) is 23.7 Å². The van der Waals surface area contributed by atoms with Crippen LogP contribution < -0.4 is 5.32 Å². The van der Waals surface area contributed by atoms with Crippen LogP contribution in [0, 0.1) is 6.92 Å². The van der Waals surface area contributed by atoms with Crippen LogP contribution in [-0.2, 0) is 16.0 Å². The molecule has 1 N–H and O–H groups in total. The lowest BCUT2D eigenvalue weighted by Gasteiger charge is -2.24. The molecule has 1 aromatic heterocycles. The molecule has 1 aliphatic heterocycles. The van der Waals surface area contributed by atoms with Gasteiger partial charge < -0.3 is 19.7 Å². The summed E-state index contributed by atoms with van der Waals surface area (Å²) in [6.45, 7) is 9.72. The second-order valence-electron chi connectivity index (χ2n) is 6.67. The molecule has 0 radical (unpaired) electrons. The number of nitrogens with zero attached hydrogens (tertiary/aromatic N) is 1. The first-order valence-electron chi connectivity index (χ1n) is 7.57. The fourth-order valence-electron chi connectivity index (χ4n) is 2.49. The van der Waals surface area contributed by atoms with E-state index < -0.39 is 5.60 Å². The molecule has 1 saturated heterocycles. The van der Waals surface area contributed by atoms with E-state index in [1.54, 1.807) is 23.3 Å². The summed E-state index contributed by atoms with van der Waals surface area (Å²) >= 11 is 1.75. The van der Waals surface area contributed by atoms with E-state index in [9.17, 15) is 4.79 Å². The number of carbonyl (C=O) groups excluding carboxylic acids is 1. The summed E-state index contributed by atoms with van der Waals surface area (Å²) in [5.41, 5.74) is 0.827. The van der Waals surface area contributed by atoms with Gasteiger partial charge in [-0.15, -0.1) is 11.3 Å². The molecule has 1 unspecified atom stereocenters. The van der Waals surface area contributed by atoms with Gasteiger partial charge in [0.2, 0.25) is 0 Å². The summed E-state index contributed by atoms with van der Waals surface area (Å²) in [4.78, 5) is 15.2. The average Bonchev–Trinajstić information content (AvgIpc) is 3.00. The Balaban J connectivity index is 1.92. The van der Waals surface area contributed by atoms with E-state index >= 15 is 0 Å². The molecule has 1 aromatic rings. The fourth-order valence-corrected chi connectivity index (χ4v) is 3.35. The van der Waals surface area contributed by atoms with Crippen LogP contribution in [0.2, 0.25) is 0 Å². The first-order valence-corrected chi connectivity index (χ1v) is 8.45. The minimum absolute atomic E-state index is 0.00668. The number of thiophene rings is 1. The third-order valence-electron chi connectivity index (χ3n) is 3.71. The van der Waals surface area contributed by atoms with Gasteiger partial charge in [0.05, 0.1) is 18.7 Å². The SMILES string of the molecule is CO[C@H]1CN(C(=O)OC(C)(C)C)CC1NCc1sccc1C. The van der Waals surface area contributed by atoms with Crippen molar-refractivity contribution in [1.82, 2.24) is 10.2 Å². The summed E-state index contributed by atoms with van der Waals surface area (Å²) < 4.78 is 11.0. The van der Waals surface area contributed by atoms with Gasteiger partial charge in [0, 0.05) is 25.1 Å². The van der Waals surface area contributed by atoms with Crippen molar-refractivity contribution < 1.29 is 14.3 Å². The predicted molar refractivity (Wildman–Crippen MR) is 88.3 cm³/mol. The molecule has 1 amide bonds. The molecule has 0 aliphatic carbocycles. The Bertz CT molecular complexity index is 510. The number of methoxy groups -OCH3 is 1. The molecule has 0 bridgehead atoms. The smallest absolute Gasteiger partial charge is 0.410 e. The van der Waals surface area contributed by atoms with Gasteiger partial charge in [0.1, 0.15) is 5.60 Å². The molecule has 1 fully saturated rings. The summed E-state index contributed by atoms with van der Waals surface area (Å²) in [7, 11) is 1.69. The van der Waals surface area contributed by atoms with E-state index in [1.807, 2.05) is 20.8 Å². The molecular weight excluding hydrogens is 300 g/mol. The van der Waals surface area contributed by atoms with Gasteiger partial charge in [0.25, 0.3) is 0 Å². The normalized spacial score (nSPS) is 22.1. The molecule has 2 heterocycles. The Kier molecular flexibility index (Phi) is 5.47. The first kappa shape index (κ1) is 17.2. The molecule has 2 atom stereocenters. The molecule has 1 aliphatic rings. The van der Waals surface area contributed by atoms with Gasteiger partial charge >= 0.3 is 6.09 Å². The van der Waals surface area contributed by atoms with Crippen molar-refractivity contribution in [3.63, 3.8) is 0 Å². The number of hydrogen-bond acceptors (Lipinski definition) is 5. The number of rotatable bonds is 4. The van der Waals surface area contributed by atoms with Crippen molar-refractivity contribution in [2.45, 2.75) is 52.0 Å². The topological polar surface area (TPSA) is 50.8 Å². The highest BCUT2D eigenvalue weighted by Crippen LogP contribution is 2.20. The zero-order chi connectivity index (χ0) is 16.3. The molecular formula is C16H26N2O3S. The second-order valence-corrected chi connectivity index (χ2v) is 7.67. The van der Waals surface area contributed by atoms with E-state index in [4.69, 9.17) is 9.47 Å². The van der Waals surface area contributed by atoms with Crippen LogP contribution in [0.25, 0.3) is 0 Å². The monoisotopic (exact) mass is 326 g/mol. The largest absolute Gasteiger partial charge is 0.444 e. The number of carbonyl (C=O) groups is 1. The van der Waals surface area contributed by atoms with Crippen LogP contribution >= 0.6 is 11.3 Å². The zero-order valence-electron chi connectivity index (χ0n) is 14.0. The van der Waals surface area contributed by atoms with Gasteiger partial charge in [-0.2, -0.15) is 0 Å². The maximum absolute atomic E-state index is 12.2. The highest BCUT2D eigenvalue weighted by atomic mass is 32.1. The number of hydrogen-bond donors (Lipinski definition) is 1. The number of amides is 1. The van der Waals surface area contributed by atoms with E-state index in [0.29, 0.717) is 13.1 Å². The average molecular weight is 326 g/mol. The second kappa shape index (κ2) is 6.98. The highest BCUT2D eigenvalue weighted by Gasteiger charge is 2.37. The predicted octanol–water partition coefficient (Wildman–Crippen LogP) is 2.78. The molecule has 0 saturated carbocycles. The Labute approximate surface area is 136 Å². The van der Waals surface area contributed by atoms with Gasteiger partial charge in [-0.25, -0.2) is 4.79 Å². The third kappa shape index (κ3) is 4.44. The van der Waals surface area contributed by atoms with Crippen LogP contribution in [-0.4, -0.2) is 48.9 Å². The highest BCUT2D eigenvalue weighted by molar-refractivity contribution is 7.10. The lowest BCUT2D eigenvalue weighted by Crippen LogP contribution is -2.40. The van der Waals surface area contributed by atoms with Crippen molar-refractivity contribution in [1.29, 1.82) is 0 Å². The third-order valence-corrected chi connectivity index (χ3v) is 4.74. The number of likely N-dealkylation sites (tertiary alicyclic amines) is 1. The van der Waals surface area contributed by atoms with E-state index in [1.165, 1.54) is 10.4 Å². The quantitative estimate of drug-likeness (QED) is 0.924. The summed E-state index contributed by atoms with van der Waals surface area (Å²) in [6, 6.07) is 2.25. The van der Waals surface area contributed by atoms with E-state index in [-0.39, 0.29) is 18.2 Å². The van der Waals surface area contributed by atoms with E-state index in [0.717, 1.165) is 6.54 Å². The first-order chi connectivity index (χ1) is 10.3. The minimum atomic E-state index is -0.473. The van der Waals surface area contributed by atoms with Gasteiger partial charge in [-0.3, -0.25) is 0 Å². The lowest BCUT2D eigenvalue weighted by molar-refractivity contribution is 0.0252. The minimum Gasteiger partial charge on any atom is -0.444 e. The maximum Gasteiger partial charge on any atom is 0.410 e. The van der Waals surface area contributed by atoms with Crippen LogP contribution in [0.15, 0.2) is 11.4 Å². The zero-order valence-corrected chi connectivity index (χ0v) is 14.8. The standard InChI is InChI=1S/C16H26N2O3S/c1-11-6-7-22-14(11)8-17-12-9-18(10-13(12)20-5)15(19)21-16(2,3)4/h6-7,12-13,17H,8-10H2,1-5H3/t12?,13-/m0/s1. The molecule has 22 heavy (non-hydrogen) atoms. The summed E-state index contributed by atoms with van der Waals surface area (Å²) in [5, 5.41) is 5.61. The Morgan fingerprint density at radius 1 is 1.45 bits per heavy atom. The van der Waals surface area contributed by atoms with Gasteiger partial charge in [0.15, 0.2) is 0 Å². The number of ether oxygens (including phenoxy) is 2. The Hall–Kier alpha value is -1.11. The van der Waals surface area contributed by atoms with Crippen LogP contribution in [0.3, 0.4) is 0 Å². The van der Waals surface area contributed by atoms with Crippen molar-refractivity contribution in [2.24, 2.45) is 0 Å². The van der Waals surface area contributed by atoms with Gasteiger partial charge in [-0.05, 0) is 44.7 Å². The molecule has 0 spiro atoms. The van der Waals surface area contributed by atoms with Crippen molar-refractivity contribution >= 4 is 17.4 Å². The van der Waals surface area contributed by atoms with Crippen LogP contribution in [0.5, 0.6) is 0 Å². The number of nitrogens with one attached hydrogen (secondary N) is 1. The van der Waals surface area contributed by atoms with Crippen molar-refractivity contribution in [2.75, 3.05) is 20.2 Å². The molecule has 5 nitrogen and oxygen atoms in total. The van der Waals surface area contributed by atoms with Crippen molar-refractivity contribution in [3.05, 3.63) is 21.9 Å². The summed E-state index contributed by atoms with van der Waals surface area (Å²) in [5.74, 6) is 0. The van der Waals surface area contributed by atoms with Crippen molar-refractivity contribution in [3.8, 4) is 0 Å². The maximum atomic E-state index is 12.2. The Morgan fingerprint density at radius 3 is 2.73 bits per heavy atom.